The second-order valence-electron chi connectivity index (χ2n) is 10.3. The van der Waals surface area contributed by atoms with Crippen LogP contribution < -0.4 is 0 Å². The molecule has 1 unspecified atom stereocenters. The molecule has 5 N–H and O–H groups in total. The van der Waals surface area contributed by atoms with Gasteiger partial charge in [-0.05, 0) is 39.5 Å². The fourth-order valence-corrected chi connectivity index (χ4v) is 4.66. The summed E-state index contributed by atoms with van der Waals surface area (Å²) in [5.41, 5.74) is 0.594. The van der Waals surface area contributed by atoms with Gasteiger partial charge in [0.25, 0.3) is 0 Å². The van der Waals surface area contributed by atoms with E-state index in [1.54, 1.807) is 13.8 Å². The van der Waals surface area contributed by atoms with E-state index < -0.39 is 48.6 Å². The Bertz CT molecular complexity index is 724. The van der Waals surface area contributed by atoms with Crippen LogP contribution in [0.15, 0.2) is 11.6 Å². The zero-order chi connectivity index (χ0) is 26.8. The zero-order valence-corrected chi connectivity index (χ0v) is 21.6. The van der Waals surface area contributed by atoms with E-state index in [1.165, 1.54) is 6.08 Å². The lowest BCUT2D eigenvalue weighted by atomic mass is 9.84. The fraction of sp³-hybridized carbons (Fsp3) is 0.846. The minimum atomic E-state index is -1.29. The minimum absolute atomic E-state index is 0.0746. The van der Waals surface area contributed by atoms with Gasteiger partial charge in [-0.1, -0.05) is 38.2 Å². The average Bonchev–Trinajstić information content (AvgIpc) is 3.57. The SMILES string of the molecule is C/C(=C\C(=O)OCCCCCCCCC(=O)O)C[C@@H]1OC(O)[C@H](C[C@@H]2O[C@H]2[C@@H](C)[C@H](C)O)[C@@H](O)[C@H]1O. The van der Waals surface area contributed by atoms with Gasteiger partial charge in [-0.25, -0.2) is 4.79 Å². The van der Waals surface area contributed by atoms with Crippen LogP contribution in [-0.4, -0.2) is 87.0 Å². The van der Waals surface area contributed by atoms with Crippen molar-refractivity contribution in [2.24, 2.45) is 11.8 Å². The van der Waals surface area contributed by atoms with Crippen LogP contribution in [0.2, 0.25) is 0 Å². The number of hydrogen-bond donors (Lipinski definition) is 5. The highest BCUT2D eigenvalue weighted by molar-refractivity contribution is 5.82. The minimum Gasteiger partial charge on any atom is -0.481 e. The summed E-state index contributed by atoms with van der Waals surface area (Å²) in [7, 11) is 0. The zero-order valence-electron chi connectivity index (χ0n) is 21.6. The molecule has 0 radical (unpaired) electrons. The Morgan fingerprint density at radius 3 is 2.22 bits per heavy atom. The molecule has 208 valence electrons. The Hall–Kier alpha value is -1.56. The summed E-state index contributed by atoms with van der Waals surface area (Å²) in [6.45, 7) is 5.54. The maximum Gasteiger partial charge on any atom is 0.330 e. The second-order valence-corrected chi connectivity index (χ2v) is 10.3. The van der Waals surface area contributed by atoms with E-state index in [0.29, 0.717) is 18.4 Å². The molecule has 9 atom stereocenters. The highest BCUT2D eigenvalue weighted by atomic mass is 16.6. The number of unbranched alkanes of at least 4 members (excludes halogenated alkanes) is 5. The van der Waals surface area contributed by atoms with E-state index in [2.05, 4.69) is 0 Å². The highest BCUT2D eigenvalue weighted by Gasteiger charge is 2.51. The summed E-state index contributed by atoms with van der Waals surface area (Å²) in [6, 6.07) is 0. The van der Waals surface area contributed by atoms with E-state index in [4.69, 9.17) is 19.3 Å². The van der Waals surface area contributed by atoms with Crippen molar-refractivity contribution in [3.63, 3.8) is 0 Å². The van der Waals surface area contributed by atoms with Gasteiger partial charge in [0.05, 0.1) is 37.1 Å². The predicted octanol–water partition coefficient (Wildman–Crippen LogP) is 1.91. The molecule has 2 aliphatic heterocycles. The number of carboxylic acid groups (broad SMARTS) is 1. The van der Waals surface area contributed by atoms with Crippen LogP contribution in [0.1, 0.15) is 78.6 Å². The summed E-state index contributed by atoms with van der Waals surface area (Å²) in [5, 5.41) is 49.9. The van der Waals surface area contributed by atoms with Crippen molar-refractivity contribution in [3.05, 3.63) is 11.6 Å². The topological polar surface area (TPSA) is 166 Å². The Morgan fingerprint density at radius 1 is 0.944 bits per heavy atom. The first-order valence-electron chi connectivity index (χ1n) is 13.1. The van der Waals surface area contributed by atoms with Crippen LogP contribution in [0.5, 0.6) is 0 Å². The van der Waals surface area contributed by atoms with Gasteiger partial charge in [-0.3, -0.25) is 4.79 Å². The molecule has 0 aliphatic carbocycles. The third-order valence-electron chi connectivity index (χ3n) is 7.17. The van der Waals surface area contributed by atoms with Gasteiger partial charge in [-0.2, -0.15) is 0 Å². The smallest absolute Gasteiger partial charge is 0.330 e. The van der Waals surface area contributed by atoms with Gasteiger partial charge >= 0.3 is 11.9 Å². The van der Waals surface area contributed by atoms with E-state index >= 15 is 0 Å². The Morgan fingerprint density at radius 2 is 1.58 bits per heavy atom. The molecule has 2 rings (SSSR count). The van der Waals surface area contributed by atoms with E-state index in [1.807, 2.05) is 6.92 Å². The van der Waals surface area contributed by atoms with Gasteiger partial charge < -0.3 is 39.7 Å². The molecule has 0 aromatic rings. The predicted molar refractivity (Wildman–Crippen MR) is 130 cm³/mol. The molecular formula is C26H44O10. The number of aliphatic hydroxyl groups excluding tert-OH is 4. The lowest BCUT2D eigenvalue weighted by Gasteiger charge is -2.41. The molecule has 2 heterocycles. The van der Waals surface area contributed by atoms with Crippen molar-refractivity contribution in [2.45, 2.75) is 121 Å². The molecule has 2 saturated heterocycles. The lowest BCUT2D eigenvalue weighted by Crippen LogP contribution is -2.54. The van der Waals surface area contributed by atoms with E-state index in [9.17, 15) is 30.0 Å². The number of esters is 1. The van der Waals surface area contributed by atoms with Crippen molar-refractivity contribution in [2.75, 3.05) is 6.61 Å². The van der Waals surface area contributed by atoms with E-state index in [-0.39, 0.29) is 37.6 Å². The van der Waals surface area contributed by atoms with Crippen LogP contribution in [-0.2, 0) is 23.8 Å². The van der Waals surface area contributed by atoms with Crippen LogP contribution in [0, 0.1) is 11.8 Å². The van der Waals surface area contributed by atoms with Gasteiger partial charge in [0, 0.05) is 24.3 Å². The molecule has 10 heteroatoms. The quantitative estimate of drug-likeness (QED) is 0.0885. The molecule has 0 saturated carbocycles. The number of aliphatic carboxylic acids is 1. The molecular weight excluding hydrogens is 472 g/mol. The fourth-order valence-electron chi connectivity index (χ4n) is 4.66. The first kappa shape index (κ1) is 30.7. The molecule has 0 aromatic carbocycles. The first-order valence-corrected chi connectivity index (χ1v) is 13.1. The van der Waals surface area contributed by atoms with Gasteiger partial charge in [-0.15, -0.1) is 0 Å². The van der Waals surface area contributed by atoms with Crippen molar-refractivity contribution < 1.29 is 49.3 Å². The maximum absolute atomic E-state index is 12.1. The molecule has 0 aromatic heterocycles. The number of carbonyl (C=O) groups excluding carboxylic acids is 1. The van der Waals surface area contributed by atoms with Crippen molar-refractivity contribution in [1.82, 2.24) is 0 Å². The van der Waals surface area contributed by atoms with Crippen LogP contribution in [0.4, 0.5) is 0 Å². The van der Waals surface area contributed by atoms with Crippen molar-refractivity contribution in [3.8, 4) is 0 Å². The van der Waals surface area contributed by atoms with Gasteiger partial charge in [0.15, 0.2) is 6.29 Å². The summed E-state index contributed by atoms with van der Waals surface area (Å²) in [6.07, 6.45) is 1.56. The Labute approximate surface area is 213 Å². The third-order valence-corrected chi connectivity index (χ3v) is 7.17. The standard InChI is InChI=1S/C26H44O10/c1-15(13-22(30)34-11-9-7-5-4-6-8-10-21(28)29)12-19-24(32)23(31)18(26(33)36-19)14-20-25(35-20)16(2)17(3)27/h13,16-20,23-27,31-33H,4-12,14H2,1-3H3,(H,28,29)/b15-13+/t16-,17-,18+,19-,20-,23+,24-,25-,26?/m0/s1. The van der Waals surface area contributed by atoms with Gasteiger partial charge in [0.2, 0.25) is 0 Å². The summed E-state index contributed by atoms with van der Waals surface area (Å²) < 4.78 is 16.4. The number of aliphatic hydroxyl groups is 4. The van der Waals surface area contributed by atoms with Crippen LogP contribution >= 0.6 is 0 Å². The normalized spacial score (nSPS) is 32.1. The monoisotopic (exact) mass is 516 g/mol. The molecule has 0 bridgehead atoms. The highest BCUT2D eigenvalue weighted by Crippen LogP contribution is 2.40. The number of carboxylic acids is 1. The molecule has 10 nitrogen and oxygen atoms in total. The van der Waals surface area contributed by atoms with E-state index in [0.717, 1.165) is 32.1 Å². The summed E-state index contributed by atoms with van der Waals surface area (Å²) in [4.78, 5) is 22.5. The van der Waals surface area contributed by atoms with Crippen molar-refractivity contribution >= 4 is 11.9 Å². The summed E-state index contributed by atoms with van der Waals surface area (Å²) >= 11 is 0. The van der Waals surface area contributed by atoms with Gasteiger partial charge in [0.1, 0.15) is 6.10 Å². The maximum atomic E-state index is 12.1. The number of hydrogen-bond acceptors (Lipinski definition) is 9. The average molecular weight is 517 g/mol. The Balaban J connectivity index is 1.67. The third kappa shape index (κ3) is 10.1. The molecule has 0 amide bonds. The lowest BCUT2D eigenvalue weighted by molar-refractivity contribution is -0.265. The number of rotatable bonds is 16. The summed E-state index contributed by atoms with van der Waals surface area (Å²) in [5.74, 6) is -2.07. The molecule has 2 fully saturated rings. The molecule has 0 spiro atoms. The number of ether oxygens (including phenoxy) is 3. The Kier molecular flexibility index (Phi) is 12.8. The largest absolute Gasteiger partial charge is 0.481 e. The number of epoxide rings is 1. The molecule has 2 aliphatic rings. The second kappa shape index (κ2) is 15.0. The van der Waals surface area contributed by atoms with Crippen LogP contribution in [0.25, 0.3) is 0 Å². The number of carbonyl (C=O) groups is 2. The van der Waals surface area contributed by atoms with Crippen LogP contribution in [0.3, 0.4) is 0 Å². The van der Waals surface area contributed by atoms with Crippen molar-refractivity contribution in [1.29, 1.82) is 0 Å². The molecule has 36 heavy (non-hydrogen) atoms. The first-order chi connectivity index (χ1) is 17.0.